The van der Waals surface area contributed by atoms with Crippen molar-refractivity contribution in [3.63, 3.8) is 0 Å². The molecule has 1 heterocycles. The molecule has 1 aromatic heterocycles. The van der Waals surface area contributed by atoms with Crippen LogP contribution in [0.2, 0.25) is 5.02 Å². The number of ether oxygens (including phenoxy) is 1. The summed E-state index contributed by atoms with van der Waals surface area (Å²) in [6.45, 7) is 2.39. The molecule has 0 bridgehead atoms. The number of hydrogen-bond acceptors (Lipinski definition) is 4. The smallest absolute Gasteiger partial charge is 0.141 e. The van der Waals surface area contributed by atoms with Gasteiger partial charge in [0.2, 0.25) is 0 Å². The predicted octanol–water partition coefficient (Wildman–Crippen LogP) is 3.27. The molecular weight excluding hydrogens is 268 g/mol. The summed E-state index contributed by atoms with van der Waals surface area (Å²) in [4.78, 5) is 4.18. The maximum Gasteiger partial charge on any atom is 0.141 e. The lowest BCUT2D eigenvalue weighted by molar-refractivity contribution is 0.298. The van der Waals surface area contributed by atoms with Gasteiger partial charge in [-0.3, -0.25) is 0 Å². The molecule has 0 aliphatic carbocycles. The van der Waals surface area contributed by atoms with Crippen LogP contribution in [0.3, 0.4) is 0 Å². The zero-order chi connectivity index (χ0) is 13.0. The van der Waals surface area contributed by atoms with Gasteiger partial charge < -0.3 is 10.5 Å². The molecule has 2 aromatic rings. The van der Waals surface area contributed by atoms with E-state index in [1.165, 1.54) is 0 Å². The number of thiazole rings is 1. The molecule has 0 radical (unpaired) electrons. The molecule has 5 heteroatoms. The summed E-state index contributed by atoms with van der Waals surface area (Å²) < 4.78 is 5.77. The van der Waals surface area contributed by atoms with Crippen molar-refractivity contribution < 1.29 is 4.74 Å². The van der Waals surface area contributed by atoms with E-state index in [2.05, 4.69) is 4.98 Å². The van der Waals surface area contributed by atoms with E-state index in [0.717, 1.165) is 17.7 Å². The van der Waals surface area contributed by atoms with E-state index in [-0.39, 0.29) is 6.04 Å². The number of hydrogen-bond donors (Lipinski definition) is 1. The third kappa shape index (κ3) is 3.45. The third-order valence-corrected chi connectivity index (χ3v) is 3.37. The Kier molecular flexibility index (Phi) is 4.58. The molecule has 96 valence electrons. The number of aromatic nitrogens is 1. The molecule has 0 fully saturated rings. The fourth-order valence-electron chi connectivity index (χ4n) is 1.68. The van der Waals surface area contributed by atoms with Crippen molar-refractivity contribution in [1.29, 1.82) is 0 Å². The number of nitrogens with zero attached hydrogens (tertiary/aromatic N) is 1. The van der Waals surface area contributed by atoms with Gasteiger partial charge in [-0.05, 0) is 25.0 Å². The third-order valence-electron chi connectivity index (χ3n) is 2.44. The fourth-order valence-corrected chi connectivity index (χ4v) is 2.47. The summed E-state index contributed by atoms with van der Waals surface area (Å²) in [7, 11) is 0. The van der Waals surface area contributed by atoms with Crippen LogP contribution in [0.25, 0.3) is 0 Å². The van der Waals surface area contributed by atoms with Gasteiger partial charge in [-0.15, -0.1) is 11.3 Å². The van der Waals surface area contributed by atoms with E-state index < -0.39 is 0 Å². The molecule has 2 rings (SSSR count). The van der Waals surface area contributed by atoms with Crippen molar-refractivity contribution in [2.24, 2.45) is 5.73 Å². The highest BCUT2D eigenvalue weighted by atomic mass is 35.5. The minimum atomic E-state index is 0.0742. The van der Waals surface area contributed by atoms with E-state index in [4.69, 9.17) is 22.1 Å². The van der Waals surface area contributed by atoms with Gasteiger partial charge in [0.1, 0.15) is 12.4 Å². The number of halogens is 1. The second kappa shape index (κ2) is 6.18. The number of para-hydroxylation sites is 1. The summed E-state index contributed by atoms with van der Waals surface area (Å²) in [5, 5.41) is 2.57. The molecule has 0 saturated carbocycles. The molecule has 0 amide bonds. The Morgan fingerprint density at radius 1 is 1.50 bits per heavy atom. The Morgan fingerprint density at radius 3 is 3.00 bits per heavy atom. The molecule has 0 aliphatic rings. The highest BCUT2D eigenvalue weighted by molar-refractivity contribution is 7.07. The number of benzene rings is 1. The van der Waals surface area contributed by atoms with Crippen LogP contribution in [-0.4, -0.2) is 11.0 Å². The first kappa shape index (κ1) is 13.3. The van der Waals surface area contributed by atoms with E-state index in [0.29, 0.717) is 17.4 Å². The first-order valence-electron chi connectivity index (χ1n) is 5.69. The van der Waals surface area contributed by atoms with Crippen LogP contribution in [0.1, 0.15) is 18.2 Å². The van der Waals surface area contributed by atoms with Crippen molar-refractivity contribution in [2.75, 3.05) is 0 Å². The molecule has 3 nitrogen and oxygen atoms in total. The standard InChI is InChI=1S/C13H15ClN2OS/c1-9(15)5-10-3-2-4-12(14)13(10)17-6-11-7-18-8-16-11/h2-4,7-9H,5-6,15H2,1H3. The summed E-state index contributed by atoms with van der Waals surface area (Å²) in [6, 6.07) is 5.80. The molecular formula is C13H15ClN2OS. The van der Waals surface area contributed by atoms with Crippen molar-refractivity contribution in [3.05, 3.63) is 45.4 Å². The van der Waals surface area contributed by atoms with E-state index in [1.807, 2.05) is 30.5 Å². The van der Waals surface area contributed by atoms with Crippen LogP contribution in [-0.2, 0) is 13.0 Å². The van der Waals surface area contributed by atoms with Crippen LogP contribution in [0.4, 0.5) is 0 Å². The molecule has 0 saturated heterocycles. The summed E-state index contributed by atoms with van der Waals surface area (Å²) in [5.74, 6) is 0.712. The van der Waals surface area contributed by atoms with Gasteiger partial charge in [0.15, 0.2) is 0 Å². The highest BCUT2D eigenvalue weighted by Gasteiger charge is 2.10. The maximum atomic E-state index is 6.17. The SMILES string of the molecule is CC(N)Cc1cccc(Cl)c1OCc1cscn1. The average Bonchev–Trinajstić information content (AvgIpc) is 2.80. The minimum Gasteiger partial charge on any atom is -0.485 e. The molecule has 1 aromatic carbocycles. The Morgan fingerprint density at radius 2 is 2.33 bits per heavy atom. The molecule has 1 unspecified atom stereocenters. The van der Waals surface area contributed by atoms with E-state index in [1.54, 1.807) is 16.8 Å². The molecule has 18 heavy (non-hydrogen) atoms. The van der Waals surface area contributed by atoms with Crippen molar-refractivity contribution in [3.8, 4) is 5.75 Å². The molecule has 2 N–H and O–H groups in total. The van der Waals surface area contributed by atoms with Gasteiger partial charge in [-0.1, -0.05) is 23.7 Å². The summed E-state index contributed by atoms with van der Waals surface area (Å²) >= 11 is 7.72. The maximum absolute atomic E-state index is 6.17. The zero-order valence-electron chi connectivity index (χ0n) is 10.1. The topological polar surface area (TPSA) is 48.1 Å². The Hall–Kier alpha value is -1.10. The largest absolute Gasteiger partial charge is 0.485 e. The Bertz CT molecular complexity index is 500. The van der Waals surface area contributed by atoms with Crippen molar-refractivity contribution in [2.45, 2.75) is 26.0 Å². The zero-order valence-corrected chi connectivity index (χ0v) is 11.7. The Labute approximate surface area is 116 Å². The van der Waals surface area contributed by atoms with Gasteiger partial charge in [0, 0.05) is 11.4 Å². The summed E-state index contributed by atoms with van der Waals surface area (Å²) in [6.07, 6.45) is 0.743. The number of rotatable bonds is 5. The van der Waals surface area contributed by atoms with Crippen LogP contribution >= 0.6 is 22.9 Å². The second-order valence-corrected chi connectivity index (χ2v) is 5.30. The van der Waals surface area contributed by atoms with E-state index >= 15 is 0 Å². The first-order valence-corrected chi connectivity index (χ1v) is 7.01. The van der Waals surface area contributed by atoms with Gasteiger partial charge in [0.25, 0.3) is 0 Å². The van der Waals surface area contributed by atoms with Crippen molar-refractivity contribution in [1.82, 2.24) is 4.98 Å². The minimum absolute atomic E-state index is 0.0742. The highest BCUT2D eigenvalue weighted by Crippen LogP contribution is 2.30. The van der Waals surface area contributed by atoms with Gasteiger partial charge >= 0.3 is 0 Å². The second-order valence-electron chi connectivity index (χ2n) is 4.18. The fraction of sp³-hybridized carbons (Fsp3) is 0.308. The van der Waals surface area contributed by atoms with E-state index in [9.17, 15) is 0 Å². The molecule has 0 spiro atoms. The van der Waals surface area contributed by atoms with Gasteiger partial charge in [0.05, 0.1) is 16.2 Å². The van der Waals surface area contributed by atoms with Crippen LogP contribution in [0.15, 0.2) is 29.1 Å². The average molecular weight is 283 g/mol. The quantitative estimate of drug-likeness (QED) is 0.916. The molecule has 1 atom stereocenters. The van der Waals surface area contributed by atoms with Crippen LogP contribution < -0.4 is 10.5 Å². The van der Waals surface area contributed by atoms with Gasteiger partial charge in [-0.25, -0.2) is 4.98 Å². The number of nitrogens with two attached hydrogens (primary N) is 1. The van der Waals surface area contributed by atoms with Gasteiger partial charge in [-0.2, -0.15) is 0 Å². The van der Waals surface area contributed by atoms with Crippen LogP contribution in [0, 0.1) is 0 Å². The Balaban J connectivity index is 2.14. The predicted molar refractivity (Wildman–Crippen MR) is 75.3 cm³/mol. The van der Waals surface area contributed by atoms with Crippen LogP contribution in [0.5, 0.6) is 5.75 Å². The van der Waals surface area contributed by atoms with Crippen molar-refractivity contribution >= 4 is 22.9 Å². The lowest BCUT2D eigenvalue weighted by Crippen LogP contribution is -2.18. The lowest BCUT2D eigenvalue weighted by atomic mass is 10.1. The lowest BCUT2D eigenvalue weighted by Gasteiger charge is -2.13. The molecule has 0 aliphatic heterocycles. The monoisotopic (exact) mass is 282 g/mol. The normalized spacial score (nSPS) is 12.4. The summed E-state index contributed by atoms with van der Waals surface area (Å²) in [5.41, 5.74) is 9.55. The first-order chi connectivity index (χ1) is 8.66.